The van der Waals surface area contributed by atoms with E-state index in [2.05, 4.69) is 11.7 Å². The summed E-state index contributed by atoms with van der Waals surface area (Å²) in [6.07, 6.45) is 4.62. The third kappa shape index (κ3) is 2.55. The molecule has 0 fully saturated rings. The summed E-state index contributed by atoms with van der Waals surface area (Å²) in [6.45, 7) is 5.26. The van der Waals surface area contributed by atoms with Gasteiger partial charge in [-0.25, -0.2) is 0 Å². The number of hydrogen-bond donors (Lipinski definition) is 1. The minimum Gasteiger partial charge on any atom is -0.327 e. The lowest BCUT2D eigenvalue weighted by Crippen LogP contribution is -2.06. The van der Waals surface area contributed by atoms with Crippen LogP contribution in [0.1, 0.15) is 6.42 Å². The Morgan fingerprint density at radius 2 is 2.45 bits per heavy atom. The molecule has 3 nitrogen and oxygen atoms in total. The molecule has 1 aromatic rings. The molecule has 1 aromatic heterocycles. The second-order valence-corrected chi connectivity index (χ2v) is 2.47. The first kappa shape index (κ1) is 8.01. The van der Waals surface area contributed by atoms with Crippen molar-refractivity contribution in [2.45, 2.75) is 13.0 Å². The van der Waals surface area contributed by atoms with Crippen LogP contribution in [0.5, 0.6) is 0 Å². The monoisotopic (exact) mass is 151 g/mol. The molecule has 60 valence electrons. The Morgan fingerprint density at radius 3 is 3.00 bits per heavy atom. The van der Waals surface area contributed by atoms with Crippen LogP contribution in [0.25, 0.3) is 0 Å². The van der Waals surface area contributed by atoms with E-state index in [9.17, 15) is 0 Å². The Bertz CT molecular complexity index is 213. The van der Waals surface area contributed by atoms with Gasteiger partial charge in [-0.15, -0.1) is 0 Å². The fourth-order valence-electron chi connectivity index (χ4n) is 0.807. The smallest absolute Gasteiger partial charge is 0.0489 e. The van der Waals surface area contributed by atoms with Crippen molar-refractivity contribution in [3.63, 3.8) is 0 Å². The largest absolute Gasteiger partial charge is 0.327 e. The minimum absolute atomic E-state index is 0.571. The van der Waals surface area contributed by atoms with Crippen LogP contribution in [0, 0.1) is 0 Å². The summed E-state index contributed by atoms with van der Waals surface area (Å²) in [6, 6.07) is 1.91. The second-order valence-electron chi connectivity index (χ2n) is 2.47. The van der Waals surface area contributed by atoms with Crippen LogP contribution in [0.15, 0.2) is 30.6 Å². The molecular weight excluding hydrogens is 138 g/mol. The number of aryl methyl sites for hydroxylation is 1. The Labute approximate surface area is 66.5 Å². The van der Waals surface area contributed by atoms with Crippen molar-refractivity contribution < 1.29 is 0 Å². The molecule has 0 aliphatic rings. The summed E-state index contributed by atoms with van der Waals surface area (Å²) < 4.78 is 1.88. The molecule has 0 unspecified atom stereocenters. The maximum absolute atomic E-state index is 5.38. The number of hydrogen-bond acceptors (Lipinski definition) is 2. The standard InChI is InChI=1S/C8H13N3/c1-8(7-9)3-6-11-5-2-4-10-11/h2,4-5H,1,3,6-7,9H2. The normalized spacial score (nSPS) is 9.91. The summed E-state index contributed by atoms with van der Waals surface area (Å²) in [5.74, 6) is 0. The molecule has 0 aromatic carbocycles. The molecule has 3 heteroatoms. The zero-order valence-corrected chi connectivity index (χ0v) is 6.53. The first-order valence-corrected chi connectivity index (χ1v) is 3.67. The quantitative estimate of drug-likeness (QED) is 0.646. The Kier molecular flexibility index (Phi) is 2.86. The lowest BCUT2D eigenvalue weighted by molar-refractivity contribution is 0.609. The van der Waals surface area contributed by atoms with Gasteiger partial charge in [0.05, 0.1) is 0 Å². The van der Waals surface area contributed by atoms with Crippen molar-refractivity contribution in [1.29, 1.82) is 0 Å². The summed E-state index contributed by atoms with van der Waals surface area (Å²) in [7, 11) is 0. The molecule has 0 aliphatic carbocycles. The van der Waals surface area contributed by atoms with E-state index < -0.39 is 0 Å². The molecule has 0 spiro atoms. The van der Waals surface area contributed by atoms with Crippen molar-refractivity contribution in [2.75, 3.05) is 6.54 Å². The third-order valence-electron chi connectivity index (χ3n) is 1.54. The molecule has 2 N–H and O–H groups in total. The maximum atomic E-state index is 5.38. The molecule has 11 heavy (non-hydrogen) atoms. The molecular formula is C8H13N3. The number of aromatic nitrogens is 2. The van der Waals surface area contributed by atoms with Gasteiger partial charge < -0.3 is 5.73 Å². The Balaban J connectivity index is 2.29. The molecule has 0 aliphatic heterocycles. The van der Waals surface area contributed by atoms with Gasteiger partial charge in [-0.1, -0.05) is 12.2 Å². The molecule has 0 saturated heterocycles. The summed E-state index contributed by atoms with van der Waals surface area (Å²) >= 11 is 0. The first-order chi connectivity index (χ1) is 5.33. The molecule has 0 saturated carbocycles. The van der Waals surface area contributed by atoms with Gasteiger partial charge in [0.1, 0.15) is 0 Å². The van der Waals surface area contributed by atoms with E-state index in [-0.39, 0.29) is 0 Å². The van der Waals surface area contributed by atoms with E-state index in [4.69, 9.17) is 5.73 Å². The Morgan fingerprint density at radius 1 is 1.64 bits per heavy atom. The SMILES string of the molecule is C=C(CN)CCn1cccn1. The molecule has 1 heterocycles. The maximum Gasteiger partial charge on any atom is 0.0489 e. The van der Waals surface area contributed by atoms with E-state index in [1.165, 1.54) is 0 Å². The highest BCUT2D eigenvalue weighted by Gasteiger charge is 1.92. The highest BCUT2D eigenvalue weighted by atomic mass is 15.3. The second kappa shape index (κ2) is 3.93. The van der Waals surface area contributed by atoms with Crippen LogP contribution in [0.2, 0.25) is 0 Å². The van der Waals surface area contributed by atoms with Gasteiger partial charge in [0.15, 0.2) is 0 Å². The van der Waals surface area contributed by atoms with E-state index in [0.717, 1.165) is 18.5 Å². The number of rotatable bonds is 4. The van der Waals surface area contributed by atoms with Crippen LogP contribution < -0.4 is 5.73 Å². The first-order valence-electron chi connectivity index (χ1n) is 3.67. The lowest BCUT2D eigenvalue weighted by Gasteiger charge is -2.01. The molecule has 0 bridgehead atoms. The zero-order valence-electron chi connectivity index (χ0n) is 6.53. The number of nitrogens with zero attached hydrogens (tertiary/aromatic N) is 2. The molecule has 0 amide bonds. The van der Waals surface area contributed by atoms with Crippen LogP contribution in [0.4, 0.5) is 0 Å². The van der Waals surface area contributed by atoms with Gasteiger partial charge in [-0.2, -0.15) is 5.10 Å². The summed E-state index contributed by atoms with van der Waals surface area (Å²) in [4.78, 5) is 0. The molecule has 0 radical (unpaired) electrons. The Hall–Kier alpha value is -1.09. The van der Waals surface area contributed by atoms with Gasteiger partial charge in [0, 0.05) is 25.5 Å². The lowest BCUT2D eigenvalue weighted by atomic mass is 10.2. The number of nitrogens with two attached hydrogens (primary N) is 1. The fraction of sp³-hybridized carbons (Fsp3) is 0.375. The van der Waals surface area contributed by atoms with Gasteiger partial charge >= 0.3 is 0 Å². The van der Waals surface area contributed by atoms with Gasteiger partial charge in [-0.3, -0.25) is 4.68 Å². The highest BCUT2D eigenvalue weighted by molar-refractivity contribution is 4.95. The van der Waals surface area contributed by atoms with Crippen molar-refractivity contribution in [3.8, 4) is 0 Å². The van der Waals surface area contributed by atoms with Crippen molar-refractivity contribution >= 4 is 0 Å². The topological polar surface area (TPSA) is 43.8 Å². The third-order valence-corrected chi connectivity index (χ3v) is 1.54. The van der Waals surface area contributed by atoms with Crippen molar-refractivity contribution in [2.24, 2.45) is 5.73 Å². The fourth-order valence-corrected chi connectivity index (χ4v) is 0.807. The van der Waals surface area contributed by atoms with Crippen molar-refractivity contribution in [3.05, 3.63) is 30.6 Å². The van der Waals surface area contributed by atoms with Gasteiger partial charge in [0.25, 0.3) is 0 Å². The van der Waals surface area contributed by atoms with Crippen LogP contribution in [0.3, 0.4) is 0 Å². The van der Waals surface area contributed by atoms with E-state index in [0.29, 0.717) is 6.54 Å². The van der Waals surface area contributed by atoms with Gasteiger partial charge in [-0.05, 0) is 12.5 Å². The summed E-state index contributed by atoms with van der Waals surface area (Å²) in [5, 5.41) is 4.06. The summed E-state index contributed by atoms with van der Waals surface area (Å²) in [5.41, 5.74) is 6.45. The predicted octanol–water partition coefficient (Wildman–Crippen LogP) is 0.788. The van der Waals surface area contributed by atoms with E-state index in [1.807, 2.05) is 16.9 Å². The minimum atomic E-state index is 0.571. The van der Waals surface area contributed by atoms with Gasteiger partial charge in [0.2, 0.25) is 0 Å². The predicted molar refractivity (Wildman–Crippen MR) is 45.0 cm³/mol. The van der Waals surface area contributed by atoms with Crippen LogP contribution in [-0.4, -0.2) is 16.3 Å². The van der Waals surface area contributed by atoms with E-state index in [1.54, 1.807) is 6.20 Å². The van der Waals surface area contributed by atoms with Crippen LogP contribution >= 0.6 is 0 Å². The molecule has 0 atom stereocenters. The average Bonchev–Trinajstić information content (AvgIpc) is 2.52. The van der Waals surface area contributed by atoms with E-state index >= 15 is 0 Å². The molecule has 1 rings (SSSR count). The average molecular weight is 151 g/mol. The van der Waals surface area contributed by atoms with Crippen LogP contribution in [-0.2, 0) is 6.54 Å². The highest BCUT2D eigenvalue weighted by Crippen LogP contribution is 1.97. The zero-order chi connectivity index (χ0) is 8.10. The van der Waals surface area contributed by atoms with Crippen molar-refractivity contribution in [1.82, 2.24) is 9.78 Å².